The summed E-state index contributed by atoms with van der Waals surface area (Å²) < 4.78 is 21.9. The maximum atomic E-state index is 13.1. The minimum Gasteiger partial charge on any atom is -0.493 e. The highest BCUT2D eigenvalue weighted by molar-refractivity contribution is 6.32. The first-order valence-electron chi connectivity index (χ1n) is 10.1. The number of hydrogen-bond acceptors (Lipinski definition) is 6. The number of amides is 2. The van der Waals surface area contributed by atoms with Gasteiger partial charge in [-0.2, -0.15) is 0 Å². The molecule has 1 N–H and O–H groups in total. The molecule has 0 fully saturated rings. The zero-order valence-electron chi connectivity index (χ0n) is 19.2. The molecule has 0 aromatic heterocycles. The molecule has 0 radical (unpaired) electrons. The second kappa shape index (κ2) is 11.5. The molecule has 32 heavy (non-hydrogen) atoms. The Kier molecular flexibility index (Phi) is 9.02. The second-order valence-electron chi connectivity index (χ2n) is 6.97. The van der Waals surface area contributed by atoms with Crippen molar-refractivity contribution in [1.29, 1.82) is 0 Å². The summed E-state index contributed by atoms with van der Waals surface area (Å²) in [7, 11) is 6.18. The first kappa shape index (κ1) is 25.1. The minimum atomic E-state index is -0.477. The van der Waals surface area contributed by atoms with E-state index in [2.05, 4.69) is 5.32 Å². The summed E-state index contributed by atoms with van der Waals surface area (Å²) in [6, 6.07) is 6.12. The quantitative estimate of drug-likeness (QED) is 0.557. The van der Waals surface area contributed by atoms with Crippen molar-refractivity contribution in [1.82, 2.24) is 4.90 Å². The van der Waals surface area contributed by atoms with Gasteiger partial charge in [0.25, 0.3) is 11.8 Å². The minimum absolute atomic E-state index is 0.250. The number of hydrogen-bond donors (Lipinski definition) is 1. The molecule has 0 unspecified atom stereocenters. The number of carbonyl (C=O) groups excluding carboxylic acids is 2. The van der Waals surface area contributed by atoms with E-state index in [-0.39, 0.29) is 27.7 Å². The van der Waals surface area contributed by atoms with Crippen molar-refractivity contribution in [3.63, 3.8) is 0 Å². The SMILES string of the molecule is CCCOc1c(Cl)cc(C(=O)Nc2cc(OC)c(OC)cc2C(=O)N(C)C)cc1OCC. The lowest BCUT2D eigenvalue weighted by Crippen LogP contribution is -2.24. The molecule has 2 rings (SSSR count). The summed E-state index contributed by atoms with van der Waals surface area (Å²) in [6.45, 7) is 4.65. The Balaban J connectivity index is 2.48. The van der Waals surface area contributed by atoms with Crippen molar-refractivity contribution in [2.75, 3.05) is 46.8 Å². The molecule has 0 heterocycles. The monoisotopic (exact) mass is 464 g/mol. The summed E-state index contributed by atoms with van der Waals surface area (Å²) in [4.78, 5) is 27.2. The highest BCUT2D eigenvalue weighted by Crippen LogP contribution is 2.38. The van der Waals surface area contributed by atoms with E-state index in [4.69, 9.17) is 30.5 Å². The molecule has 8 nitrogen and oxygen atoms in total. The highest BCUT2D eigenvalue weighted by Gasteiger charge is 2.22. The topological polar surface area (TPSA) is 86.3 Å². The van der Waals surface area contributed by atoms with E-state index >= 15 is 0 Å². The number of rotatable bonds is 10. The van der Waals surface area contributed by atoms with E-state index in [1.54, 1.807) is 20.2 Å². The Morgan fingerprint density at radius 3 is 2.19 bits per heavy atom. The number of ether oxygens (including phenoxy) is 4. The van der Waals surface area contributed by atoms with Gasteiger partial charge in [0, 0.05) is 25.7 Å². The van der Waals surface area contributed by atoms with Crippen LogP contribution in [-0.4, -0.2) is 58.2 Å². The number of nitrogens with zero attached hydrogens (tertiary/aromatic N) is 1. The van der Waals surface area contributed by atoms with Crippen LogP contribution in [0.1, 0.15) is 41.0 Å². The van der Waals surface area contributed by atoms with Crippen LogP contribution < -0.4 is 24.3 Å². The second-order valence-corrected chi connectivity index (χ2v) is 7.38. The molecule has 0 aliphatic rings. The molecular weight excluding hydrogens is 436 g/mol. The zero-order valence-corrected chi connectivity index (χ0v) is 20.0. The molecule has 2 amide bonds. The molecule has 174 valence electrons. The number of carbonyl (C=O) groups is 2. The van der Waals surface area contributed by atoms with Gasteiger partial charge in [-0.25, -0.2) is 0 Å². The van der Waals surface area contributed by atoms with Gasteiger partial charge in [0.2, 0.25) is 0 Å². The Bertz CT molecular complexity index is 977. The summed E-state index contributed by atoms with van der Waals surface area (Å²) in [5.74, 6) is 0.716. The molecule has 0 saturated carbocycles. The third-order valence-corrected chi connectivity index (χ3v) is 4.71. The first-order chi connectivity index (χ1) is 15.3. The lowest BCUT2D eigenvalue weighted by molar-refractivity contribution is 0.0828. The average Bonchev–Trinajstić information content (AvgIpc) is 2.77. The van der Waals surface area contributed by atoms with E-state index in [1.807, 2.05) is 13.8 Å². The van der Waals surface area contributed by atoms with Crippen molar-refractivity contribution in [3.05, 3.63) is 40.4 Å². The van der Waals surface area contributed by atoms with E-state index in [1.165, 1.54) is 37.3 Å². The third kappa shape index (κ3) is 5.76. The molecule has 0 saturated heterocycles. The van der Waals surface area contributed by atoms with Gasteiger partial charge >= 0.3 is 0 Å². The smallest absolute Gasteiger partial charge is 0.255 e. The number of methoxy groups -OCH3 is 2. The molecule has 0 aliphatic carbocycles. The lowest BCUT2D eigenvalue weighted by Gasteiger charge is -2.18. The van der Waals surface area contributed by atoms with Crippen LogP contribution >= 0.6 is 11.6 Å². The standard InChI is InChI=1S/C23H29ClN2O6/c1-7-9-32-21-16(24)10-14(11-20(21)31-8-2)22(27)25-17-13-19(30-6)18(29-5)12-15(17)23(28)26(3)4/h10-13H,7-9H2,1-6H3,(H,25,27). The van der Waals surface area contributed by atoms with Gasteiger partial charge in [-0.15, -0.1) is 0 Å². The summed E-state index contributed by atoms with van der Waals surface area (Å²) >= 11 is 6.38. The van der Waals surface area contributed by atoms with Gasteiger partial charge in [-0.3, -0.25) is 9.59 Å². The van der Waals surface area contributed by atoms with Crippen LogP contribution in [0.5, 0.6) is 23.0 Å². The van der Waals surface area contributed by atoms with Gasteiger partial charge < -0.3 is 29.2 Å². The summed E-state index contributed by atoms with van der Waals surface area (Å²) in [5.41, 5.74) is 0.770. The van der Waals surface area contributed by atoms with Crippen LogP contribution in [0, 0.1) is 0 Å². The molecule has 2 aromatic carbocycles. The van der Waals surface area contributed by atoms with Gasteiger partial charge in [0.05, 0.1) is 43.7 Å². The van der Waals surface area contributed by atoms with Crippen molar-refractivity contribution in [2.45, 2.75) is 20.3 Å². The fourth-order valence-electron chi connectivity index (χ4n) is 2.90. The summed E-state index contributed by atoms with van der Waals surface area (Å²) in [6.07, 6.45) is 0.798. The van der Waals surface area contributed by atoms with Crippen LogP contribution in [0.25, 0.3) is 0 Å². The Labute approximate surface area is 193 Å². The number of benzene rings is 2. The van der Waals surface area contributed by atoms with Crippen LogP contribution in [0.15, 0.2) is 24.3 Å². The fraction of sp³-hybridized carbons (Fsp3) is 0.391. The lowest BCUT2D eigenvalue weighted by atomic mass is 10.1. The first-order valence-corrected chi connectivity index (χ1v) is 10.5. The Hall–Kier alpha value is -3.13. The predicted molar refractivity (Wildman–Crippen MR) is 124 cm³/mol. The summed E-state index contributed by atoms with van der Waals surface area (Å²) in [5, 5.41) is 3.03. The van der Waals surface area contributed by atoms with Gasteiger partial charge in [0.15, 0.2) is 23.0 Å². The normalized spacial score (nSPS) is 10.3. The highest BCUT2D eigenvalue weighted by atomic mass is 35.5. The largest absolute Gasteiger partial charge is 0.493 e. The van der Waals surface area contributed by atoms with Crippen molar-refractivity contribution in [3.8, 4) is 23.0 Å². The van der Waals surface area contributed by atoms with E-state index in [9.17, 15) is 9.59 Å². The van der Waals surface area contributed by atoms with Crippen molar-refractivity contribution < 1.29 is 28.5 Å². The maximum absolute atomic E-state index is 13.1. The Morgan fingerprint density at radius 1 is 0.969 bits per heavy atom. The van der Waals surface area contributed by atoms with Crippen LogP contribution in [0.3, 0.4) is 0 Å². The van der Waals surface area contributed by atoms with E-state index < -0.39 is 5.91 Å². The zero-order chi connectivity index (χ0) is 23.8. The van der Waals surface area contributed by atoms with Gasteiger partial charge in [-0.05, 0) is 31.5 Å². The maximum Gasteiger partial charge on any atom is 0.255 e. The average molecular weight is 465 g/mol. The number of anilines is 1. The molecule has 9 heteroatoms. The van der Waals surface area contributed by atoms with Gasteiger partial charge in [-0.1, -0.05) is 18.5 Å². The van der Waals surface area contributed by atoms with Crippen LogP contribution in [0.4, 0.5) is 5.69 Å². The van der Waals surface area contributed by atoms with Crippen LogP contribution in [-0.2, 0) is 0 Å². The van der Waals surface area contributed by atoms with Crippen LogP contribution in [0.2, 0.25) is 5.02 Å². The van der Waals surface area contributed by atoms with E-state index in [0.29, 0.717) is 36.2 Å². The van der Waals surface area contributed by atoms with Crippen molar-refractivity contribution >= 4 is 29.1 Å². The molecule has 2 aromatic rings. The molecule has 0 bridgehead atoms. The Morgan fingerprint density at radius 2 is 1.62 bits per heavy atom. The molecular formula is C23H29ClN2O6. The predicted octanol–water partition coefficient (Wildman–Crippen LogP) is 4.50. The fourth-order valence-corrected chi connectivity index (χ4v) is 3.17. The van der Waals surface area contributed by atoms with Crippen molar-refractivity contribution in [2.24, 2.45) is 0 Å². The molecule has 0 aliphatic heterocycles. The van der Waals surface area contributed by atoms with Gasteiger partial charge in [0.1, 0.15) is 0 Å². The molecule has 0 atom stereocenters. The van der Waals surface area contributed by atoms with E-state index in [0.717, 1.165) is 6.42 Å². The number of halogens is 1. The number of nitrogens with one attached hydrogen (secondary N) is 1. The molecule has 0 spiro atoms. The third-order valence-electron chi connectivity index (χ3n) is 4.43.